The maximum atomic E-state index is 10.3. The minimum atomic E-state index is -0.313. The first kappa shape index (κ1) is 11.8. The number of pyridine rings is 1. The molecule has 92 valence electrons. The molecule has 3 heteroatoms. The Morgan fingerprint density at radius 3 is 2.94 bits per heavy atom. The Hall–Kier alpha value is -1.32. The van der Waals surface area contributed by atoms with Gasteiger partial charge in [0.25, 0.3) is 0 Å². The molecule has 0 amide bonds. The van der Waals surface area contributed by atoms with Crippen molar-refractivity contribution in [2.24, 2.45) is 0 Å². The molecule has 1 aromatic heterocycles. The summed E-state index contributed by atoms with van der Waals surface area (Å²) in [5.74, 6) is 0. The standard InChI is InChI=1S/C15H15NOS/c17-13(8-11-4-3-7-16-10-11)15-9-12-5-1-2-6-14(12)18-15/h1-7,10,13,15,17H,8-9H2. The Morgan fingerprint density at radius 2 is 2.17 bits per heavy atom. The second-order valence-corrected chi connectivity index (χ2v) is 5.88. The molecule has 0 saturated heterocycles. The van der Waals surface area contributed by atoms with E-state index in [0.29, 0.717) is 6.42 Å². The number of aliphatic hydroxyl groups is 1. The highest BCUT2D eigenvalue weighted by Gasteiger charge is 2.28. The number of hydrogen-bond acceptors (Lipinski definition) is 3. The first-order valence-electron chi connectivity index (χ1n) is 6.14. The van der Waals surface area contributed by atoms with Crippen LogP contribution in [0.2, 0.25) is 0 Å². The summed E-state index contributed by atoms with van der Waals surface area (Å²) < 4.78 is 0. The number of rotatable bonds is 3. The first-order valence-corrected chi connectivity index (χ1v) is 7.02. The first-order chi connectivity index (χ1) is 8.83. The molecule has 0 aliphatic carbocycles. The monoisotopic (exact) mass is 257 g/mol. The molecule has 0 fully saturated rings. The summed E-state index contributed by atoms with van der Waals surface area (Å²) in [4.78, 5) is 5.40. The molecule has 0 bridgehead atoms. The van der Waals surface area contributed by atoms with Crippen LogP contribution in [0.15, 0.2) is 53.7 Å². The van der Waals surface area contributed by atoms with Crippen LogP contribution >= 0.6 is 11.8 Å². The van der Waals surface area contributed by atoms with Gasteiger partial charge in [-0.2, -0.15) is 0 Å². The Kier molecular flexibility index (Phi) is 3.35. The molecule has 2 heterocycles. The number of thioether (sulfide) groups is 1. The van der Waals surface area contributed by atoms with E-state index in [1.807, 2.05) is 18.3 Å². The summed E-state index contributed by atoms with van der Waals surface area (Å²) in [5.41, 5.74) is 2.46. The molecular formula is C15H15NOS. The van der Waals surface area contributed by atoms with Gasteiger partial charge in [-0.05, 0) is 29.7 Å². The minimum absolute atomic E-state index is 0.266. The van der Waals surface area contributed by atoms with Crippen LogP contribution < -0.4 is 0 Å². The van der Waals surface area contributed by atoms with E-state index in [4.69, 9.17) is 0 Å². The maximum Gasteiger partial charge on any atom is 0.0706 e. The van der Waals surface area contributed by atoms with Gasteiger partial charge in [-0.25, -0.2) is 0 Å². The van der Waals surface area contributed by atoms with Gasteiger partial charge in [0.2, 0.25) is 0 Å². The van der Waals surface area contributed by atoms with Crippen molar-refractivity contribution in [1.29, 1.82) is 0 Å². The summed E-state index contributed by atoms with van der Waals surface area (Å²) in [6, 6.07) is 12.3. The molecule has 1 aliphatic heterocycles. The zero-order valence-corrected chi connectivity index (χ0v) is 10.8. The van der Waals surface area contributed by atoms with E-state index < -0.39 is 0 Å². The summed E-state index contributed by atoms with van der Waals surface area (Å²) in [6.07, 6.45) is 4.92. The maximum absolute atomic E-state index is 10.3. The van der Waals surface area contributed by atoms with E-state index in [1.54, 1.807) is 18.0 Å². The van der Waals surface area contributed by atoms with Crippen molar-refractivity contribution in [3.8, 4) is 0 Å². The van der Waals surface area contributed by atoms with Crippen LogP contribution in [0.3, 0.4) is 0 Å². The average molecular weight is 257 g/mol. The van der Waals surface area contributed by atoms with Crippen LogP contribution in [0.4, 0.5) is 0 Å². The highest BCUT2D eigenvalue weighted by Crippen LogP contribution is 2.38. The zero-order chi connectivity index (χ0) is 12.4. The fraction of sp³-hybridized carbons (Fsp3) is 0.267. The van der Waals surface area contributed by atoms with Gasteiger partial charge in [0.1, 0.15) is 0 Å². The van der Waals surface area contributed by atoms with Gasteiger partial charge in [0.15, 0.2) is 0 Å². The van der Waals surface area contributed by atoms with E-state index in [-0.39, 0.29) is 11.4 Å². The van der Waals surface area contributed by atoms with Crippen molar-refractivity contribution in [1.82, 2.24) is 4.98 Å². The highest BCUT2D eigenvalue weighted by atomic mass is 32.2. The Bertz CT molecular complexity index is 504. The molecule has 0 spiro atoms. The Morgan fingerprint density at radius 1 is 1.28 bits per heavy atom. The quantitative estimate of drug-likeness (QED) is 0.917. The third-order valence-electron chi connectivity index (χ3n) is 3.27. The second-order valence-electron chi connectivity index (χ2n) is 4.60. The van der Waals surface area contributed by atoms with Gasteiger partial charge in [-0.1, -0.05) is 24.3 Å². The summed E-state index contributed by atoms with van der Waals surface area (Å²) in [6.45, 7) is 0. The van der Waals surface area contributed by atoms with Crippen LogP contribution in [0.5, 0.6) is 0 Å². The third-order valence-corrected chi connectivity index (χ3v) is 4.70. The van der Waals surface area contributed by atoms with Crippen molar-refractivity contribution >= 4 is 11.8 Å². The molecule has 1 aliphatic rings. The van der Waals surface area contributed by atoms with E-state index in [2.05, 4.69) is 29.2 Å². The number of aliphatic hydroxyl groups excluding tert-OH is 1. The molecule has 2 atom stereocenters. The number of fused-ring (bicyclic) bond motifs is 1. The summed E-state index contributed by atoms with van der Waals surface area (Å²) in [5, 5.41) is 10.6. The topological polar surface area (TPSA) is 33.1 Å². The number of hydrogen-bond donors (Lipinski definition) is 1. The van der Waals surface area contributed by atoms with Crippen molar-refractivity contribution in [3.63, 3.8) is 0 Å². The second kappa shape index (κ2) is 5.12. The number of nitrogens with zero attached hydrogens (tertiary/aromatic N) is 1. The lowest BCUT2D eigenvalue weighted by Gasteiger charge is -2.16. The van der Waals surface area contributed by atoms with E-state index in [1.165, 1.54) is 10.5 Å². The van der Waals surface area contributed by atoms with E-state index in [0.717, 1.165) is 12.0 Å². The van der Waals surface area contributed by atoms with Crippen LogP contribution in [-0.4, -0.2) is 21.4 Å². The molecule has 18 heavy (non-hydrogen) atoms. The van der Waals surface area contributed by atoms with E-state index in [9.17, 15) is 5.11 Å². The normalized spacial score (nSPS) is 19.5. The molecule has 1 aromatic carbocycles. The Labute approximate surface area is 111 Å². The minimum Gasteiger partial charge on any atom is -0.392 e. The number of aromatic nitrogens is 1. The van der Waals surface area contributed by atoms with Crippen LogP contribution in [0.25, 0.3) is 0 Å². The average Bonchev–Trinajstić information content (AvgIpc) is 2.84. The lowest BCUT2D eigenvalue weighted by molar-refractivity contribution is 0.172. The number of benzene rings is 1. The van der Waals surface area contributed by atoms with Crippen molar-refractivity contribution < 1.29 is 5.11 Å². The summed E-state index contributed by atoms with van der Waals surface area (Å²) >= 11 is 1.79. The van der Waals surface area contributed by atoms with Crippen LogP contribution in [0.1, 0.15) is 11.1 Å². The molecule has 2 aromatic rings. The van der Waals surface area contributed by atoms with Crippen molar-refractivity contribution in [3.05, 3.63) is 59.9 Å². The van der Waals surface area contributed by atoms with Gasteiger partial charge >= 0.3 is 0 Å². The molecule has 2 nitrogen and oxygen atoms in total. The van der Waals surface area contributed by atoms with Crippen LogP contribution in [-0.2, 0) is 12.8 Å². The van der Waals surface area contributed by atoms with Crippen LogP contribution in [0, 0.1) is 0 Å². The SMILES string of the molecule is OC(Cc1cccnc1)C1Cc2ccccc2S1. The Balaban J connectivity index is 1.67. The predicted molar refractivity (Wildman–Crippen MR) is 73.7 cm³/mol. The molecule has 0 radical (unpaired) electrons. The summed E-state index contributed by atoms with van der Waals surface area (Å²) in [7, 11) is 0. The van der Waals surface area contributed by atoms with Gasteiger partial charge in [0.05, 0.1) is 6.10 Å². The zero-order valence-electron chi connectivity index (χ0n) is 9.99. The van der Waals surface area contributed by atoms with Gasteiger partial charge in [-0.15, -0.1) is 11.8 Å². The molecule has 0 saturated carbocycles. The van der Waals surface area contributed by atoms with Crippen molar-refractivity contribution in [2.45, 2.75) is 29.1 Å². The fourth-order valence-corrected chi connectivity index (χ4v) is 3.62. The van der Waals surface area contributed by atoms with Gasteiger partial charge in [0, 0.05) is 29.0 Å². The molecule has 2 unspecified atom stereocenters. The third kappa shape index (κ3) is 2.42. The lowest BCUT2D eigenvalue weighted by Crippen LogP contribution is -2.24. The lowest BCUT2D eigenvalue weighted by atomic mass is 10.0. The predicted octanol–water partition coefficient (Wildman–Crippen LogP) is 2.70. The fourth-order valence-electron chi connectivity index (χ4n) is 2.32. The largest absolute Gasteiger partial charge is 0.392 e. The highest BCUT2D eigenvalue weighted by molar-refractivity contribution is 8.00. The molecule has 3 rings (SSSR count). The van der Waals surface area contributed by atoms with Gasteiger partial charge in [-0.3, -0.25) is 4.98 Å². The molecule has 1 N–H and O–H groups in total. The molecular weight excluding hydrogens is 242 g/mol. The van der Waals surface area contributed by atoms with Crippen molar-refractivity contribution in [2.75, 3.05) is 0 Å². The van der Waals surface area contributed by atoms with Gasteiger partial charge < -0.3 is 5.11 Å². The van der Waals surface area contributed by atoms with E-state index >= 15 is 0 Å². The smallest absolute Gasteiger partial charge is 0.0706 e.